The van der Waals surface area contributed by atoms with Crippen LogP contribution in [0.3, 0.4) is 0 Å². The number of thioether (sulfide) groups is 1. The fourth-order valence-corrected chi connectivity index (χ4v) is 4.68. The van der Waals surface area contributed by atoms with Crippen LogP contribution in [0.2, 0.25) is 0 Å². The van der Waals surface area contributed by atoms with E-state index in [4.69, 9.17) is 9.47 Å². The summed E-state index contributed by atoms with van der Waals surface area (Å²) in [5, 5.41) is 2.30. The summed E-state index contributed by atoms with van der Waals surface area (Å²) in [5.74, 6) is -0.797. The molecule has 0 saturated carbocycles. The molecule has 1 aliphatic rings. The number of anilines is 1. The Bertz CT molecular complexity index is 1410. The van der Waals surface area contributed by atoms with Crippen molar-refractivity contribution in [1.29, 1.82) is 0 Å². The van der Waals surface area contributed by atoms with Crippen molar-refractivity contribution < 1.29 is 28.7 Å². The maximum Gasteiger partial charge on any atom is 0.337 e. The van der Waals surface area contributed by atoms with Crippen molar-refractivity contribution in [3.8, 4) is 5.75 Å². The molecular weight excluding hydrogens is 504 g/mol. The quantitative estimate of drug-likeness (QED) is 0.310. The third-order valence-electron chi connectivity index (χ3n) is 5.86. The van der Waals surface area contributed by atoms with Gasteiger partial charge in [-0.1, -0.05) is 42.5 Å². The van der Waals surface area contributed by atoms with Crippen LogP contribution in [0, 0.1) is 13.8 Å². The minimum absolute atomic E-state index is 0.227. The number of hydrogen-bond acceptors (Lipinski definition) is 7. The smallest absolute Gasteiger partial charge is 0.337 e. The van der Waals surface area contributed by atoms with E-state index in [-0.39, 0.29) is 18.1 Å². The molecule has 4 rings (SSSR count). The lowest BCUT2D eigenvalue weighted by Crippen LogP contribution is -2.36. The van der Waals surface area contributed by atoms with E-state index in [9.17, 15) is 19.2 Å². The minimum Gasteiger partial charge on any atom is -0.489 e. The average Bonchev–Trinajstić information content (AvgIpc) is 3.17. The molecule has 1 aliphatic heterocycles. The number of imide groups is 1. The molecule has 0 radical (unpaired) electrons. The van der Waals surface area contributed by atoms with Crippen LogP contribution in [0.1, 0.15) is 32.6 Å². The van der Waals surface area contributed by atoms with Gasteiger partial charge in [-0.2, -0.15) is 0 Å². The summed E-state index contributed by atoms with van der Waals surface area (Å²) in [6, 6.07) is 19.7. The fourth-order valence-electron chi connectivity index (χ4n) is 3.84. The molecule has 1 N–H and O–H groups in total. The molecule has 0 aromatic heterocycles. The van der Waals surface area contributed by atoms with Gasteiger partial charge in [0.25, 0.3) is 11.1 Å². The number of benzene rings is 3. The zero-order valence-corrected chi connectivity index (χ0v) is 22.0. The zero-order chi connectivity index (χ0) is 27.2. The number of esters is 1. The Hall–Kier alpha value is -4.37. The topological polar surface area (TPSA) is 102 Å². The van der Waals surface area contributed by atoms with E-state index in [2.05, 4.69) is 5.32 Å². The van der Waals surface area contributed by atoms with E-state index in [1.54, 1.807) is 54.6 Å². The molecule has 0 atom stereocenters. The maximum atomic E-state index is 12.9. The molecule has 9 heteroatoms. The molecule has 0 unspecified atom stereocenters. The highest BCUT2D eigenvalue weighted by Gasteiger charge is 2.36. The summed E-state index contributed by atoms with van der Waals surface area (Å²) in [6.07, 6.45) is 1.60. The van der Waals surface area contributed by atoms with Crippen LogP contribution in [-0.2, 0) is 20.9 Å². The van der Waals surface area contributed by atoms with Crippen molar-refractivity contribution in [2.45, 2.75) is 20.5 Å². The third-order valence-corrected chi connectivity index (χ3v) is 6.76. The first kappa shape index (κ1) is 26.7. The van der Waals surface area contributed by atoms with Gasteiger partial charge in [-0.25, -0.2) is 4.79 Å². The predicted molar refractivity (Wildman–Crippen MR) is 146 cm³/mol. The van der Waals surface area contributed by atoms with Crippen molar-refractivity contribution >= 4 is 46.5 Å². The van der Waals surface area contributed by atoms with E-state index in [1.165, 1.54) is 7.11 Å². The van der Waals surface area contributed by atoms with Crippen LogP contribution in [-0.4, -0.2) is 41.6 Å². The molecule has 8 nitrogen and oxygen atoms in total. The predicted octanol–water partition coefficient (Wildman–Crippen LogP) is 5.34. The van der Waals surface area contributed by atoms with Gasteiger partial charge in [0.05, 0.1) is 17.6 Å². The molecule has 3 aromatic rings. The number of methoxy groups -OCH3 is 1. The van der Waals surface area contributed by atoms with Gasteiger partial charge in [-0.15, -0.1) is 0 Å². The Kier molecular flexibility index (Phi) is 8.28. The zero-order valence-electron chi connectivity index (χ0n) is 21.1. The van der Waals surface area contributed by atoms with Crippen LogP contribution in [0.15, 0.2) is 71.6 Å². The summed E-state index contributed by atoms with van der Waals surface area (Å²) in [6.45, 7) is 3.67. The van der Waals surface area contributed by atoms with E-state index < -0.39 is 23.0 Å². The first-order chi connectivity index (χ1) is 18.2. The number of carbonyl (C=O) groups excluding carboxylic acids is 4. The minimum atomic E-state index is -0.520. The summed E-state index contributed by atoms with van der Waals surface area (Å²) in [5.41, 5.74) is 4.46. The Morgan fingerprint density at radius 1 is 0.974 bits per heavy atom. The Morgan fingerprint density at radius 2 is 1.66 bits per heavy atom. The number of para-hydroxylation sites is 1. The highest BCUT2D eigenvalue weighted by atomic mass is 32.2. The monoisotopic (exact) mass is 530 g/mol. The van der Waals surface area contributed by atoms with Gasteiger partial charge < -0.3 is 14.8 Å². The molecule has 3 aromatic carbocycles. The SMILES string of the molecule is COC(=O)c1ccc(COc2cccc(C=C3SC(=O)N(CC(=O)Nc4c(C)cccc4C)C3=O)c2)cc1. The summed E-state index contributed by atoms with van der Waals surface area (Å²) in [4.78, 5) is 50.8. The number of rotatable bonds is 8. The standard InChI is InChI=1S/C29H26N2O6S/c1-18-6-4-7-19(2)26(18)30-25(32)16-31-27(33)24(38-29(31)35)15-21-8-5-9-23(14-21)37-17-20-10-12-22(13-11-20)28(34)36-3/h4-15H,16-17H2,1-3H3,(H,30,32). The molecule has 0 aliphatic carbocycles. The Balaban J connectivity index is 1.39. The number of amides is 3. The van der Waals surface area contributed by atoms with Crippen LogP contribution in [0.5, 0.6) is 5.75 Å². The number of aryl methyl sites for hydroxylation is 2. The van der Waals surface area contributed by atoms with Crippen molar-refractivity contribution in [2.24, 2.45) is 0 Å². The summed E-state index contributed by atoms with van der Waals surface area (Å²) < 4.78 is 10.6. The summed E-state index contributed by atoms with van der Waals surface area (Å²) in [7, 11) is 1.33. The maximum absolute atomic E-state index is 12.9. The van der Waals surface area contributed by atoms with Gasteiger partial charge in [-0.3, -0.25) is 19.3 Å². The van der Waals surface area contributed by atoms with Crippen molar-refractivity contribution in [2.75, 3.05) is 19.0 Å². The average molecular weight is 531 g/mol. The number of carbonyl (C=O) groups is 4. The van der Waals surface area contributed by atoms with Crippen LogP contribution in [0.25, 0.3) is 6.08 Å². The number of ether oxygens (including phenoxy) is 2. The van der Waals surface area contributed by atoms with Gasteiger partial charge in [0.15, 0.2) is 0 Å². The molecule has 1 fully saturated rings. The van der Waals surface area contributed by atoms with E-state index in [0.717, 1.165) is 33.4 Å². The lowest BCUT2D eigenvalue weighted by atomic mass is 10.1. The molecule has 0 spiro atoms. The molecule has 38 heavy (non-hydrogen) atoms. The molecule has 1 heterocycles. The normalized spacial score (nSPS) is 14.1. The van der Waals surface area contributed by atoms with Crippen LogP contribution >= 0.6 is 11.8 Å². The van der Waals surface area contributed by atoms with Crippen LogP contribution < -0.4 is 10.1 Å². The second-order valence-corrected chi connectivity index (χ2v) is 9.63. The number of hydrogen-bond donors (Lipinski definition) is 1. The van der Waals surface area contributed by atoms with Crippen molar-refractivity contribution in [3.05, 3.63) is 99.5 Å². The first-order valence-electron chi connectivity index (χ1n) is 11.8. The first-order valence-corrected chi connectivity index (χ1v) is 12.6. The second-order valence-electron chi connectivity index (χ2n) is 8.63. The summed E-state index contributed by atoms with van der Waals surface area (Å²) >= 11 is 0.793. The van der Waals surface area contributed by atoms with E-state index >= 15 is 0 Å². The highest BCUT2D eigenvalue weighted by molar-refractivity contribution is 8.18. The van der Waals surface area contributed by atoms with Gasteiger partial charge in [0.2, 0.25) is 5.91 Å². The highest BCUT2D eigenvalue weighted by Crippen LogP contribution is 2.33. The molecule has 1 saturated heterocycles. The largest absolute Gasteiger partial charge is 0.489 e. The lowest BCUT2D eigenvalue weighted by molar-refractivity contribution is -0.127. The van der Waals surface area contributed by atoms with Gasteiger partial charge in [0, 0.05) is 5.69 Å². The number of nitrogens with zero attached hydrogens (tertiary/aromatic N) is 1. The van der Waals surface area contributed by atoms with E-state index in [1.807, 2.05) is 32.0 Å². The molecular formula is C29H26N2O6S. The third kappa shape index (κ3) is 6.30. The Morgan fingerprint density at radius 3 is 2.34 bits per heavy atom. The van der Waals surface area contributed by atoms with Crippen LogP contribution in [0.4, 0.5) is 10.5 Å². The van der Waals surface area contributed by atoms with Crippen molar-refractivity contribution in [1.82, 2.24) is 4.90 Å². The second kappa shape index (κ2) is 11.8. The van der Waals surface area contributed by atoms with E-state index in [0.29, 0.717) is 22.6 Å². The molecule has 194 valence electrons. The number of nitrogens with one attached hydrogen (secondary N) is 1. The lowest BCUT2D eigenvalue weighted by Gasteiger charge is -2.15. The molecule has 3 amide bonds. The van der Waals surface area contributed by atoms with Crippen molar-refractivity contribution in [3.63, 3.8) is 0 Å². The van der Waals surface area contributed by atoms with Gasteiger partial charge in [0.1, 0.15) is 18.9 Å². The molecule has 0 bridgehead atoms. The Labute approximate surface area is 224 Å². The van der Waals surface area contributed by atoms with Gasteiger partial charge >= 0.3 is 5.97 Å². The van der Waals surface area contributed by atoms with Gasteiger partial charge in [-0.05, 0) is 78.2 Å². The fraction of sp³-hybridized carbons (Fsp3) is 0.172.